The number of carboxylic acid groups (broad SMARTS) is 1. The van der Waals surface area contributed by atoms with Crippen LogP contribution in [0.25, 0.3) is 0 Å². The molecule has 0 aromatic carbocycles. The fourth-order valence-electron chi connectivity index (χ4n) is 2.88. The monoisotopic (exact) mass is 379 g/mol. The number of amides is 1. The number of hydrogen-bond acceptors (Lipinski definition) is 8. The van der Waals surface area contributed by atoms with Gasteiger partial charge in [0.1, 0.15) is 18.3 Å². The zero-order valence-electron chi connectivity index (χ0n) is 14.9. The highest BCUT2D eigenvalue weighted by Crippen LogP contribution is 2.25. The lowest BCUT2D eigenvalue weighted by Gasteiger charge is -2.39. The third-order valence-corrected chi connectivity index (χ3v) is 4.61. The fraction of sp³-hybridized carbons (Fsp3) is 0.875. The van der Waals surface area contributed by atoms with Crippen LogP contribution in [0.1, 0.15) is 39.5 Å². The summed E-state index contributed by atoms with van der Waals surface area (Å²) in [6, 6.07) is -0.847. The number of nitrogens with one attached hydrogen (secondary N) is 1. The number of hydrogen-bond donors (Lipinski definition) is 7. The molecule has 0 aromatic rings. The lowest BCUT2D eigenvalue weighted by Crippen LogP contribution is -2.60. The number of aliphatic hydroxyl groups is 5. The molecule has 1 amide bonds. The van der Waals surface area contributed by atoms with E-state index in [1.165, 1.54) is 0 Å². The number of carboxylic acids is 1. The van der Waals surface area contributed by atoms with Gasteiger partial charge in [0.2, 0.25) is 5.91 Å². The standard InChI is InChI=1S/C16H29NO9/c1-3-8(18)11(20)7(17-10(19)4-2)5-6-9-12(21)13(22)14(23)15(26-9)16(24)25/h7-9,11-15,18,20-23H,3-6H2,1-2H3,(H,17,19)(H,24,25). The Morgan fingerprint density at radius 2 is 1.69 bits per heavy atom. The Morgan fingerprint density at radius 3 is 2.19 bits per heavy atom. The molecule has 1 aliphatic rings. The van der Waals surface area contributed by atoms with E-state index in [0.717, 1.165) is 0 Å². The van der Waals surface area contributed by atoms with Crippen molar-refractivity contribution in [2.24, 2.45) is 0 Å². The second-order valence-electron chi connectivity index (χ2n) is 6.48. The zero-order chi connectivity index (χ0) is 20.0. The Hall–Kier alpha value is -1.30. The zero-order valence-corrected chi connectivity index (χ0v) is 14.9. The highest BCUT2D eigenvalue weighted by Gasteiger charge is 2.46. The highest BCUT2D eigenvalue weighted by atomic mass is 16.6. The van der Waals surface area contributed by atoms with Crippen molar-refractivity contribution in [1.82, 2.24) is 5.32 Å². The van der Waals surface area contributed by atoms with Gasteiger partial charge < -0.3 is 40.7 Å². The minimum absolute atomic E-state index is 0.0170. The van der Waals surface area contributed by atoms with Gasteiger partial charge in [0.15, 0.2) is 6.10 Å². The van der Waals surface area contributed by atoms with Crippen molar-refractivity contribution >= 4 is 11.9 Å². The first-order chi connectivity index (χ1) is 12.1. The lowest BCUT2D eigenvalue weighted by molar-refractivity contribution is -0.229. The van der Waals surface area contributed by atoms with Gasteiger partial charge in [-0.1, -0.05) is 13.8 Å². The van der Waals surface area contributed by atoms with Crippen molar-refractivity contribution in [3.8, 4) is 0 Å². The molecule has 8 unspecified atom stereocenters. The molecule has 8 atom stereocenters. The molecule has 1 aliphatic heterocycles. The van der Waals surface area contributed by atoms with Crippen molar-refractivity contribution in [2.75, 3.05) is 0 Å². The molecule has 0 spiro atoms. The van der Waals surface area contributed by atoms with Crippen molar-refractivity contribution in [2.45, 2.75) is 88.3 Å². The van der Waals surface area contributed by atoms with Crippen molar-refractivity contribution in [1.29, 1.82) is 0 Å². The summed E-state index contributed by atoms with van der Waals surface area (Å²) in [6.45, 7) is 3.29. The SMILES string of the molecule is CCC(=O)NC(CCC1OC(C(=O)O)C(O)C(O)C1O)C(O)C(O)CC. The molecule has 26 heavy (non-hydrogen) atoms. The number of ether oxygens (including phenoxy) is 1. The van der Waals surface area contributed by atoms with Crippen LogP contribution in [0, 0.1) is 0 Å². The first kappa shape index (κ1) is 22.7. The molecule has 152 valence electrons. The predicted octanol–water partition coefficient (Wildman–Crippen LogP) is -2.27. The van der Waals surface area contributed by atoms with Crippen molar-refractivity contribution in [3.63, 3.8) is 0 Å². The summed E-state index contributed by atoms with van der Waals surface area (Å²) in [6.07, 6.45) is -9.71. The van der Waals surface area contributed by atoms with E-state index in [1.807, 2.05) is 0 Å². The van der Waals surface area contributed by atoms with Crippen LogP contribution >= 0.6 is 0 Å². The minimum atomic E-state index is -1.78. The normalized spacial score (nSPS) is 32.5. The molecule has 10 heteroatoms. The average Bonchev–Trinajstić information content (AvgIpc) is 2.62. The van der Waals surface area contributed by atoms with Crippen LogP contribution < -0.4 is 5.32 Å². The topological polar surface area (TPSA) is 177 Å². The van der Waals surface area contributed by atoms with Gasteiger partial charge in [0.05, 0.1) is 24.4 Å². The highest BCUT2D eigenvalue weighted by molar-refractivity contribution is 5.75. The van der Waals surface area contributed by atoms with Gasteiger partial charge in [0, 0.05) is 6.42 Å². The van der Waals surface area contributed by atoms with Crippen molar-refractivity contribution < 1.29 is 45.0 Å². The molecular formula is C16H29NO9. The summed E-state index contributed by atoms with van der Waals surface area (Å²) in [5.74, 6) is -1.83. The Morgan fingerprint density at radius 1 is 1.08 bits per heavy atom. The van der Waals surface area contributed by atoms with Gasteiger partial charge in [-0.2, -0.15) is 0 Å². The summed E-state index contributed by atoms with van der Waals surface area (Å²) in [5, 5.41) is 61.2. The third kappa shape index (κ3) is 5.60. The molecule has 0 bridgehead atoms. The smallest absolute Gasteiger partial charge is 0.335 e. The number of aliphatic carboxylic acids is 1. The summed E-state index contributed by atoms with van der Waals surface area (Å²) in [7, 11) is 0. The van der Waals surface area contributed by atoms with Crippen LogP contribution in [0.5, 0.6) is 0 Å². The average molecular weight is 379 g/mol. The quantitative estimate of drug-likeness (QED) is 0.233. The maximum absolute atomic E-state index is 11.7. The number of carbonyl (C=O) groups is 2. The largest absolute Gasteiger partial charge is 0.479 e. The fourth-order valence-corrected chi connectivity index (χ4v) is 2.88. The first-order valence-electron chi connectivity index (χ1n) is 8.71. The molecule has 0 aromatic heterocycles. The second-order valence-corrected chi connectivity index (χ2v) is 6.48. The Kier molecular flexibility index (Phi) is 8.87. The predicted molar refractivity (Wildman–Crippen MR) is 88.1 cm³/mol. The Balaban J connectivity index is 2.81. The van der Waals surface area contributed by atoms with Crippen LogP contribution in [0.2, 0.25) is 0 Å². The van der Waals surface area contributed by atoms with E-state index in [4.69, 9.17) is 9.84 Å². The van der Waals surface area contributed by atoms with Gasteiger partial charge in [0.25, 0.3) is 0 Å². The lowest BCUT2D eigenvalue weighted by atomic mass is 9.90. The summed E-state index contributed by atoms with van der Waals surface area (Å²) < 4.78 is 5.17. The van der Waals surface area contributed by atoms with Crippen LogP contribution in [0.15, 0.2) is 0 Å². The van der Waals surface area contributed by atoms with E-state index in [9.17, 15) is 35.1 Å². The van der Waals surface area contributed by atoms with Gasteiger partial charge in [-0.05, 0) is 19.3 Å². The third-order valence-electron chi connectivity index (χ3n) is 4.61. The van der Waals surface area contributed by atoms with E-state index in [1.54, 1.807) is 13.8 Å². The molecule has 1 fully saturated rings. The van der Waals surface area contributed by atoms with Crippen LogP contribution in [-0.2, 0) is 14.3 Å². The maximum Gasteiger partial charge on any atom is 0.335 e. The van der Waals surface area contributed by atoms with Gasteiger partial charge in [-0.15, -0.1) is 0 Å². The van der Waals surface area contributed by atoms with Crippen LogP contribution in [0.4, 0.5) is 0 Å². The summed E-state index contributed by atoms with van der Waals surface area (Å²) in [4.78, 5) is 22.8. The van der Waals surface area contributed by atoms with Crippen molar-refractivity contribution in [3.05, 3.63) is 0 Å². The molecule has 1 heterocycles. The first-order valence-corrected chi connectivity index (χ1v) is 8.71. The minimum Gasteiger partial charge on any atom is -0.479 e. The number of rotatable bonds is 9. The van der Waals surface area contributed by atoms with Crippen LogP contribution in [-0.4, -0.2) is 91.3 Å². The molecule has 1 rings (SSSR count). The Bertz CT molecular complexity index is 475. The van der Waals surface area contributed by atoms with Crippen LogP contribution in [0.3, 0.4) is 0 Å². The van der Waals surface area contributed by atoms with Gasteiger partial charge in [-0.3, -0.25) is 4.79 Å². The molecule has 7 N–H and O–H groups in total. The Labute approximate surface area is 151 Å². The molecule has 10 nitrogen and oxygen atoms in total. The number of carbonyl (C=O) groups excluding carboxylic acids is 1. The molecule has 0 aliphatic carbocycles. The molecule has 0 radical (unpaired) electrons. The summed E-state index contributed by atoms with van der Waals surface area (Å²) in [5.41, 5.74) is 0. The number of aliphatic hydroxyl groups excluding tert-OH is 5. The van der Waals surface area contributed by atoms with Gasteiger partial charge >= 0.3 is 5.97 Å². The van der Waals surface area contributed by atoms with E-state index >= 15 is 0 Å². The van der Waals surface area contributed by atoms with E-state index in [2.05, 4.69) is 5.32 Å². The van der Waals surface area contributed by atoms with E-state index < -0.39 is 54.7 Å². The molecule has 1 saturated heterocycles. The van der Waals surface area contributed by atoms with E-state index in [0.29, 0.717) is 0 Å². The summed E-state index contributed by atoms with van der Waals surface area (Å²) >= 11 is 0. The van der Waals surface area contributed by atoms with E-state index in [-0.39, 0.29) is 31.6 Å². The van der Waals surface area contributed by atoms with Gasteiger partial charge in [-0.25, -0.2) is 4.79 Å². The molecule has 0 saturated carbocycles. The molecular weight excluding hydrogens is 350 g/mol. The second kappa shape index (κ2) is 10.1. The maximum atomic E-state index is 11.7.